The van der Waals surface area contributed by atoms with Gasteiger partial charge in [-0.1, -0.05) is 0 Å². The zero-order valence-electron chi connectivity index (χ0n) is 15.6. The smallest absolute Gasteiger partial charge is 0.246 e. The number of methoxy groups -OCH3 is 2. The fourth-order valence-corrected chi connectivity index (χ4v) is 5.95. The van der Waals surface area contributed by atoms with Crippen molar-refractivity contribution in [2.24, 2.45) is 11.8 Å². The van der Waals surface area contributed by atoms with E-state index in [0.29, 0.717) is 25.9 Å². The number of rotatable bonds is 5. The van der Waals surface area contributed by atoms with Crippen LogP contribution >= 0.6 is 0 Å². The first-order valence-electron chi connectivity index (χ1n) is 8.89. The quantitative estimate of drug-likeness (QED) is 0.807. The van der Waals surface area contributed by atoms with Crippen LogP contribution in [-0.2, 0) is 19.6 Å². The van der Waals surface area contributed by atoms with Crippen LogP contribution in [0.2, 0.25) is 0 Å². The van der Waals surface area contributed by atoms with E-state index in [1.165, 1.54) is 30.5 Å². The van der Waals surface area contributed by atoms with Gasteiger partial charge in [0, 0.05) is 27.1 Å². The summed E-state index contributed by atoms with van der Waals surface area (Å²) >= 11 is 0. The molecule has 1 amide bonds. The van der Waals surface area contributed by atoms with Crippen LogP contribution in [0.4, 0.5) is 4.39 Å². The van der Waals surface area contributed by atoms with Crippen molar-refractivity contribution in [3.05, 3.63) is 24.0 Å². The Morgan fingerprint density at radius 1 is 1.22 bits per heavy atom. The Morgan fingerprint density at radius 3 is 2.48 bits per heavy atom. The number of sulfonamides is 1. The largest absolute Gasteiger partial charge is 0.495 e. The second-order valence-corrected chi connectivity index (χ2v) is 9.10. The average Bonchev–Trinajstić information content (AvgIpc) is 3.04. The minimum Gasteiger partial charge on any atom is -0.495 e. The zero-order valence-corrected chi connectivity index (χ0v) is 16.5. The van der Waals surface area contributed by atoms with Gasteiger partial charge in [-0.15, -0.1) is 0 Å². The Morgan fingerprint density at radius 2 is 1.89 bits per heavy atom. The van der Waals surface area contributed by atoms with Gasteiger partial charge < -0.3 is 14.8 Å². The van der Waals surface area contributed by atoms with E-state index in [0.717, 1.165) is 6.07 Å². The molecular formula is C18H25FN2O5S. The normalized spacial score (nSPS) is 28.6. The molecule has 9 heteroatoms. The zero-order chi connectivity index (χ0) is 19.8. The summed E-state index contributed by atoms with van der Waals surface area (Å²) in [6.45, 7) is 2.14. The molecule has 1 saturated carbocycles. The number of benzene rings is 1. The van der Waals surface area contributed by atoms with Crippen LogP contribution in [0.5, 0.6) is 5.75 Å². The third-order valence-electron chi connectivity index (χ3n) is 5.52. The van der Waals surface area contributed by atoms with Crippen LogP contribution in [-0.4, -0.2) is 58.1 Å². The molecule has 7 nitrogen and oxygen atoms in total. The topological polar surface area (TPSA) is 84.9 Å². The average molecular weight is 400 g/mol. The molecule has 2 fully saturated rings. The van der Waals surface area contributed by atoms with E-state index in [1.54, 1.807) is 7.11 Å². The van der Waals surface area contributed by atoms with Crippen molar-refractivity contribution >= 4 is 15.9 Å². The molecule has 3 rings (SSSR count). The highest BCUT2D eigenvalue weighted by Gasteiger charge is 2.46. The van der Waals surface area contributed by atoms with E-state index in [-0.39, 0.29) is 40.5 Å². The molecule has 1 aromatic carbocycles. The lowest BCUT2D eigenvalue weighted by Crippen LogP contribution is -2.49. The number of nitrogens with zero attached hydrogens (tertiary/aromatic N) is 1. The predicted octanol–water partition coefficient (Wildman–Crippen LogP) is 1.38. The van der Waals surface area contributed by atoms with Crippen molar-refractivity contribution < 1.29 is 27.1 Å². The Bertz CT molecular complexity index is 816. The summed E-state index contributed by atoms with van der Waals surface area (Å²) in [5.41, 5.74) is 0. The van der Waals surface area contributed by atoms with E-state index >= 15 is 0 Å². The van der Waals surface area contributed by atoms with E-state index in [2.05, 4.69) is 5.32 Å². The number of nitrogens with one attached hydrogen (secondary N) is 1. The van der Waals surface area contributed by atoms with Crippen LogP contribution in [0.1, 0.15) is 19.8 Å². The molecule has 0 bridgehead atoms. The van der Waals surface area contributed by atoms with Gasteiger partial charge in [0.15, 0.2) is 0 Å². The fraction of sp³-hybridized carbons (Fsp3) is 0.611. The van der Waals surface area contributed by atoms with E-state index < -0.39 is 15.8 Å². The third kappa shape index (κ3) is 3.95. The van der Waals surface area contributed by atoms with Gasteiger partial charge in [0.2, 0.25) is 15.9 Å². The molecule has 1 aromatic rings. The molecule has 1 heterocycles. The molecule has 2 aliphatic rings. The summed E-state index contributed by atoms with van der Waals surface area (Å²) in [5.74, 6) is -0.391. The van der Waals surface area contributed by atoms with Crippen molar-refractivity contribution in [2.75, 3.05) is 27.3 Å². The number of hydrogen-bond acceptors (Lipinski definition) is 5. The SMILES string of the molecule is COc1ccc(F)cc1S(=O)(=O)N1C[C@H]2C[C@@H](NC(C)=O)[C@H](OC)C[C@H]2C1. The third-order valence-corrected chi connectivity index (χ3v) is 7.37. The Hall–Kier alpha value is -1.71. The first-order valence-corrected chi connectivity index (χ1v) is 10.3. The molecule has 1 aliphatic heterocycles. The summed E-state index contributed by atoms with van der Waals surface area (Å²) in [6, 6.07) is 3.34. The molecule has 0 unspecified atom stereocenters. The second kappa shape index (κ2) is 7.73. The first kappa shape index (κ1) is 20.0. The molecule has 0 spiro atoms. The molecule has 27 heavy (non-hydrogen) atoms. The van der Waals surface area contributed by atoms with Crippen molar-refractivity contribution in [3.8, 4) is 5.75 Å². The number of ether oxygens (including phenoxy) is 2. The molecule has 1 aliphatic carbocycles. The van der Waals surface area contributed by atoms with Crippen molar-refractivity contribution in [3.63, 3.8) is 0 Å². The van der Waals surface area contributed by atoms with Crippen LogP contribution < -0.4 is 10.1 Å². The number of amides is 1. The van der Waals surface area contributed by atoms with E-state index in [9.17, 15) is 17.6 Å². The van der Waals surface area contributed by atoms with Gasteiger partial charge in [0.05, 0.1) is 19.3 Å². The van der Waals surface area contributed by atoms with Gasteiger partial charge >= 0.3 is 0 Å². The number of halogens is 1. The molecule has 1 N–H and O–H groups in total. The fourth-order valence-electron chi connectivity index (χ4n) is 4.23. The van der Waals surface area contributed by atoms with Crippen molar-refractivity contribution in [2.45, 2.75) is 36.8 Å². The van der Waals surface area contributed by atoms with Gasteiger partial charge in [-0.25, -0.2) is 12.8 Å². The number of carbonyl (C=O) groups is 1. The lowest BCUT2D eigenvalue weighted by molar-refractivity contribution is -0.121. The highest BCUT2D eigenvalue weighted by Crippen LogP contribution is 2.40. The Balaban J connectivity index is 1.83. The predicted molar refractivity (Wildman–Crippen MR) is 96.3 cm³/mol. The van der Waals surface area contributed by atoms with E-state index in [4.69, 9.17) is 9.47 Å². The highest BCUT2D eigenvalue weighted by atomic mass is 32.2. The van der Waals surface area contributed by atoms with Crippen molar-refractivity contribution in [1.82, 2.24) is 9.62 Å². The summed E-state index contributed by atoms with van der Waals surface area (Å²) in [6.07, 6.45) is 1.16. The molecular weight excluding hydrogens is 375 g/mol. The van der Waals surface area contributed by atoms with Gasteiger partial charge in [0.1, 0.15) is 16.5 Å². The van der Waals surface area contributed by atoms with Gasteiger partial charge in [-0.05, 0) is 42.9 Å². The molecule has 0 radical (unpaired) electrons. The first-order chi connectivity index (χ1) is 12.8. The maximum Gasteiger partial charge on any atom is 0.246 e. The molecule has 0 aromatic heterocycles. The maximum absolute atomic E-state index is 13.7. The highest BCUT2D eigenvalue weighted by molar-refractivity contribution is 7.89. The summed E-state index contributed by atoms with van der Waals surface area (Å²) in [4.78, 5) is 11.3. The monoisotopic (exact) mass is 400 g/mol. The Kier molecular flexibility index (Phi) is 5.73. The summed E-state index contributed by atoms with van der Waals surface area (Å²) in [7, 11) is -0.930. The van der Waals surface area contributed by atoms with Crippen LogP contribution in [0.3, 0.4) is 0 Å². The van der Waals surface area contributed by atoms with E-state index in [1.807, 2.05) is 0 Å². The number of carbonyl (C=O) groups excluding carboxylic acids is 1. The maximum atomic E-state index is 13.7. The number of fused-ring (bicyclic) bond motifs is 1. The van der Waals surface area contributed by atoms with Gasteiger partial charge in [-0.3, -0.25) is 4.79 Å². The summed E-state index contributed by atoms with van der Waals surface area (Å²) < 4.78 is 51.9. The molecule has 150 valence electrons. The summed E-state index contributed by atoms with van der Waals surface area (Å²) in [5, 5.41) is 2.90. The van der Waals surface area contributed by atoms with Crippen LogP contribution in [0.25, 0.3) is 0 Å². The molecule has 4 atom stereocenters. The van der Waals surface area contributed by atoms with Gasteiger partial charge in [0.25, 0.3) is 0 Å². The molecule has 1 saturated heterocycles. The number of hydrogen-bond donors (Lipinski definition) is 1. The second-order valence-electron chi connectivity index (χ2n) is 7.19. The van der Waals surface area contributed by atoms with Crippen molar-refractivity contribution in [1.29, 1.82) is 0 Å². The lowest BCUT2D eigenvalue weighted by atomic mass is 9.77. The van der Waals surface area contributed by atoms with Gasteiger partial charge in [-0.2, -0.15) is 4.31 Å². The minimum absolute atomic E-state index is 0.113. The van der Waals surface area contributed by atoms with Crippen LogP contribution in [0.15, 0.2) is 23.1 Å². The van der Waals surface area contributed by atoms with Crippen LogP contribution in [0, 0.1) is 17.7 Å². The lowest BCUT2D eigenvalue weighted by Gasteiger charge is -2.37. The standard InChI is InChI=1S/C18H25FN2O5S/c1-11(22)20-15-6-12-9-21(10-13(12)7-17(15)26-3)27(23,24)18-8-14(19)4-5-16(18)25-2/h4-5,8,12-13,15,17H,6-7,9-10H2,1-3H3,(H,20,22)/t12-,13+,15-,17-/m1/s1. The minimum atomic E-state index is -3.89. The Labute approximate surface area is 158 Å².